The topological polar surface area (TPSA) is 349 Å². The molecular weight excluding hydrogens is 1210 g/mol. The molecule has 0 aromatic heterocycles. The van der Waals surface area contributed by atoms with E-state index in [2.05, 4.69) is 4.72 Å². The van der Waals surface area contributed by atoms with Gasteiger partial charge in [0.25, 0.3) is 0 Å². The predicted octanol–water partition coefficient (Wildman–Crippen LogP) is 5.04. The summed E-state index contributed by atoms with van der Waals surface area (Å²) in [5.74, 6) is 0.865. The Bertz CT molecular complexity index is 3500. The monoisotopic (exact) mass is 1280 g/mol. The molecule has 1 saturated heterocycles. The van der Waals surface area contributed by atoms with Crippen LogP contribution in [0.4, 0.5) is 22.7 Å². The third-order valence-corrected chi connectivity index (χ3v) is 21.3. The predicted molar refractivity (Wildman–Crippen MR) is 311 cm³/mol. The summed E-state index contributed by atoms with van der Waals surface area (Å²) in [6.07, 6.45) is 6.57. The number of ether oxygens (including phenoxy) is 7. The molecule has 1 fully saturated rings. The van der Waals surface area contributed by atoms with Crippen LogP contribution in [0.5, 0.6) is 23.0 Å². The number of nitrogens with zero attached hydrogens (tertiary/aromatic N) is 3. The van der Waals surface area contributed by atoms with E-state index in [0.717, 1.165) is 55.8 Å². The number of aliphatic hydroxyl groups is 1. The van der Waals surface area contributed by atoms with Gasteiger partial charge in [-0.05, 0) is 90.0 Å². The second kappa shape index (κ2) is 29.3. The molecule has 4 aromatic rings. The Kier molecular flexibility index (Phi) is 26.0. The smallest absolute Gasteiger partial charge is 0.245 e. The van der Waals surface area contributed by atoms with Crippen molar-refractivity contribution in [2.75, 3.05) is 109 Å². The summed E-state index contributed by atoms with van der Waals surface area (Å²) in [5, 5.41) is 9.85. The van der Waals surface area contributed by atoms with Crippen molar-refractivity contribution in [2.45, 2.75) is 64.4 Å². The largest absolute Gasteiger partial charge is 0.495 e. The van der Waals surface area contributed by atoms with Gasteiger partial charge in [-0.25, -0.2) is 58.9 Å². The van der Waals surface area contributed by atoms with Crippen LogP contribution in [-0.2, 0) is 84.4 Å². The summed E-state index contributed by atoms with van der Waals surface area (Å²) >= 11 is 0. The highest BCUT2D eigenvalue weighted by molar-refractivity contribution is 8.10. The van der Waals surface area contributed by atoms with Crippen LogP contribution in [0.15, 0.2) is 72.8 Å². The average molecular weight is 1280 g/mol. The molecular formula is C48H74N4O22S7. The first-order valence-corrected chi connectivity index (χ1v) is 36.8. The zero-order chi connectivity index (χ0) is 62.4. The quantitative estimate of drug-likeness (QED) is 0.0868. The van der Waals surface area contributed by atoms with Crippen LogP contribution in [0.2, 0.25) is 0 Å². The number of rotatable bonds is 24. The third kappa shape index (κ3) is 21.2. The normalized spacial score (nSPS) is 14.8. The number of nitrogens with one attached hydrogen (secondary N) is 1. The first-order chi connectivity index (χ1) is 37.1. The van der Waals surface area contributed by atoms with Crippen molar-refractivity contribution in [3.8, 4) is 23.0 Å². The fourth-order valence-electron chi connectivity index (χ4n) is 7.73. The zero-order valence-electron chi connectivity index (χ0n) is 47.8. The highest BCUT2D eigenvalue weighted by atomic mass is 32.3. The molecule has 2 N–H and O–H groups in total. The lowest BCUT2D eigenvalue weighted by molar-refractivity contribution is 0.1000. The van der Waals surface area contributed by atoms with Gasteiger partial charge in [0.05, 0.1) is 103 Å². The maximum atomic E-state index is 11.9. The third-order valence-electron chi connectivity index (χ3n) is 11.1. The highest BCUT2D eigenvalue weighted by Crippen LogP contribution is 2.40. The number of methoxy groups -OCH3 is 6. The average Bonchev–Trinajstić information content (AvgIpc) is 4.18. The molecule has 0 saturated carbocycles. The van der Waals surface area contributed by atoms with Gasteiger partial charge in [0.15, 0.2) is 0 Å². The van der Waals surface area contributed by atoms with Crippen LogP contribution in [0.3, 0.4) is 0 Å². The van der Waals surface area contributed by atoms with E-state index in [4.69, 9.17) is 33.2 Å². The fourth-order valence-corrected chi connectivity index (χ4v) is 17.2. The first kappa shape index (κ1) is 71.9. The van der Waals surface area contributed by atoms with Gasteiger partial charge < -0.3 is 38.3 Å². The van der Waals surface area contributed by atoms with Gasteiger partial charge in [-0.2, -0.15) is 11.1 Å². The Balaban J connectivity index is 0.000000370. The summed E-state index contributed by atoms with van der Waals surface area (Å²) in [6, 6.07) is 19.0. The van der Waals surface area contributed by atoms with E-state index in [1.807, 2.05) is 19.9 Å². The maximum absolute atomic E-state index is 11.9. The number of epoxide rings is 1. The van der Waals surface area contributed by atoms with E-state index in [-0.39, 0.29) is 52.6 Å². The van der Waals surface area contributed by atoms with Crippen LogP contribution < -0.4 is 34.8 Å². The van der Waals surface area contributed by atoms with Crippen molar-refractivity contribution in [1.29, 1.82) is 0 Å². The van der Waals surface area contributed by atoms with Crippen LogP contribution in [-0.4, -0.2) is 157 Å². The highest BCUT2D eigenvalue weighted by Gasteiger charge is 2.34. The van der Waals surface area contributed by atoms with Crippen molar-refractivity contribution < 1.29 is 97.2 Å². The molecule has 1 heterocycles. The molecule has 4 atom stereocenters. The van der Waals surface area contributed by atoms with E-state index in [1.54, 1.807) is 44.4 Å². The second-order valence-corrected chi connectivity index (χ2v) is 31.2. The molecule has 0 amide bonds. The van der Waals surface area contributed by atoms with Gasteiger partial charge >= 0.3 is 0 Å². The Labute approximate surface area is 478 Å². The Morgan fingerprint density at radius 1 is 0.469 bits per heavy atom. The molecule has 1 aliphatic heterocycles. The van der Waals surface area contributed by atoms with Gasteiger partial charge in [-0.1, -0.05) is 45.0 Å². The lowest BCUT2D eigenvalue weighted by Crippen LogP contribution is -2.35. The Hall–Kier alpha value is -5.23. The number of hydrogen-bond donors (Lipinski definition) is 2. The van der Waals surface area contributed by atoms with Gasteiger partial charge in [0.1, 0.15) is 46.2 Å². The van der Waals surface area contributed by atoms with E-state index >= 15 is 0 Å². The van der Waals surface area contributed by atoms with Crippen LogP contribution in [0, 0.1) is 0 Å². The molecule has 1 aliphatic rings. The van der Waals surface area contributed by atoms with Gasteiger partial charge in [0.2, 0.25) is 70.2 Å². The molecule has 5 rings (SSSR count). The molecule has 0 radical (unpaired) electrons. The molecule has 81 heavy (non-hydrogen) atoms. The first-order valence-electron chi connectivity index (χ1n) is 23.8. The summed E-state index contributed by atoms with van der Waals surface area (Å²) in [7, 11) is -18.9. The van der Waals surface area contributed by atoms with Crippen molar-refractivity contribution >= 4 is 92.9 Å². The van der Waals surface area contributed by atoms with Crippen LogP contribution in [0.1, 0.15) is 86.7 Å². The van der Waals surface area contributed by atoms with Crippen LogP contribution >= 0.6 is 0 Å². The molecule has 0 aliphatic carbocycles. The molecule has 0 bridgehead atoms. The number of anilines is 4. The van der Waals surface area contributed by atoms with Crippen LogP contribution in [0.25, 0.3) is 0 Å². The molecule has 0 spiro atoms. The van der Waals surface area contributed by atoms with Crippen molar-refractivity contribution in [3.63, 3.8) is 0 Å². The van der Waals surface area contributed by atoms with E-state index in [9.17, 15) is 64.0 Å². The lowest BCUT2D eigenvalue weighted by atomic mass is 10.1. The molecule has 33 heteroatoms. The van der Waals surface area contributed by atoms with E-state index < -0.39 is 76.3 Å². The standard InChI is InChI=1S/C13H21NO6S2.C12H19NO6S2.C12H19NO4S.C11H15NO6S2/c1-6-12(19-2)10-7-8-13(20-3)11(9-10)14(21(4,15)16)22(5,17)18;1-5-11(14)9-6-7-12(19-2)10(8-9)13(20(3,15)16)21(4,17)18;1-5-11(16-2)9-6-7-12(17-3)10(8-9)13-18(4,14)15;1-17-10-5-4-8(11-7-18-11)6-9(10)12(19(2,13)14)20(3,15)16/h7-9,12H,6H2,1-5H3;6-8,11,14H,5H2,1-4H3;6-8,11,13H,5H2,1-4H3;4-6,11H,7H2,1-3H3. The Morgan fingerprint density at radius 3 is 1.07 bits per heavy atom. The number of aliphatic hydroxyl groups excluding tert-OH is 1. The Morgan fingerprint density at radius 2 is 0.778 bits per heavy atom. The van der Waals surface area contributed by atoms with Crippen molar-refractivity contribution in [2.24, 2.45) is 0 Å². The minimum Gasteiger partial charge on any atom is -0.495 e. The zero-order valence-corrected chi connectivity index (χ0v) is 53.5. The molecule has 4 aromatic carbocycles. The summed E-state index contributed by atoms with van der Waals surface area (Å²) in [6.45, 7) is 6.19. The van der Waals surface area contributed by atoms with E-state index in [1.165, 1.54) is 71.9 Å². The summed E-state index contributed by atoms with van der Waals surface area (Å²) in [5.41, 5.74) is 2.88. The fraction of sp³-hybridized carbons (Fsp3) is 0.500. The SMILES string of the molecule is CCC(O)c1ccc(OC)c(N(S(C)(=O)=O)S(C)(=O)=O)c1.CCC(OC)c1ccc(OC)c(N(S(C)(=O)=O)S(C)(=O)=O)c1.CCC(OC)c1ccc(OC)c(NS(C)(=O)=O)c1.COc1ccc(C2CO2)cc1N(S(C)(=O)=O)S(C)(=O)=O. The molecule has 460 valence electrons. The van der Waals surface area contributed by atoms with Gasteiger partial charge in [-0.15, -0.1) is 0 Å². The van der Waals surface area contributed by atoms with E-state index in [0.29, 0.717) is 58.7 Å². The maximum Gasteiger partial charge on any atom is 0.245 e. The summed E-state index contributed by atoms with van der Waals surface area (Å²) < 4.78 is 204. The second-order valence-electron chi connectivity index (χ2n) is 17.8. The van der Waals surface area contributed by atoms with Crippen molar-refractivity contribution in [3.05, 3.63) is 95.1 Å². The van der Waals surface area contributed by atoms with Gasteiger partial charge in [-0.3, -0.25) is 4.72 Å². The number of sulfonamides is 7. The molecule has 4 unspecified atom stereocenters. The lowest BCUT2D eigenvalue weighted by Gasteiger charge is -2.23. The number of benzene rings is 4. The summed E-state index contributed by atoms with van der Waals surface area (Å²) in [4.78, 5) is 0. The number of hydrogen-bond acceptors (Lipinski definition) is 22. The van der Waals surface area contributed by atoms with Crippen molar-refractivity contribution in [1.82, 2.24) is 0 Å². The van der Waals surface area contributed by atoms with Gasteiger partial charge in [0, 0.05) is 14.2 Å². The molecule has 26 nitrogen and oxygen atoms in total. The minimum absolute atomic E-state index is 0.0366. The minimum atomic E-state index is -4.07.